The number of benzene rings is 1. The van der Waals surface area contributed by atoms with Gasteiger partial charge in [-0.2, -0.15) is 0 Å². The lowest BCUT2D eigenvalue weighted by molar-refractivity contribution is -0.175. The molecule has 1 aromatic carbocycles. The minimum atomic E-state index is -1.45. The summed E-state index contributed by atoms with van der Waals surface area (Å²) in [5, 5.41) is 19.8. The van der Waals surface area contributed by atoms with E-state index in [1.165, 1.54) is 6.92 Å². The van der Waals surface area contributed by atoms with Crippen LogP contribution in [0.4, 0.5) is 0 Å². The molecular weight excluding hydrogens is 296 g/mol. The Balaban J connectivity index is 2.00. The number of hydrogen-bond acceptors (Lipinski definition) is 5. The molecule has 0 aromatic heterocycles. The van der Waals surface area contributed by atoms with Crippen LogP contribution in [-0.4, -0.2) is 27.5 Å². The Labute approximate surface area is 135 Å². The highest BCUT2D eigenvalue weighted by Gasteiger charge is 2.36. The Kier molecular flexibility index (Phi) is 5.33. The highest BCUT2D eigenvalue weighted by molar-refractivity contribution is 5.78. The Morgan fingerprint density at radius 3 is 2.74 bits per heavy atom. The second kappa shape index (κ2) is 7.06. The molecule has 2 rings (SSSR count). The molecular formula is C17H22N2O4. The Bertz CT molecular complexity index is 614. The van der Waals surface area contributed by atoms with E-state index in [0.717, 1.165) is 11.1 Å². The zero-order valence-corrected chi connectivity index (χ0v) is 13.0. The first-order valence-electron chi connectivity index (χ1n) is 7.36. The third kappa shape index (κ3) is 4.49. The first-order valence-corrected chi connectivity index (χ1v) is 7.36. The lowest BCUT2D eigenvalue weighted by Gasteiger charge is -2.32. The number of allylic oxidation sites excluding steroid dienone is 2. The fourth-order valence-corrected chi connectivity index (χ4v) is 2.42. The predicted molar refractivity (Wildman–Crippen MR) is 86.0 cm³/mol. The number of carboxylic acid groups (broad SMARTS) is 1. The van der Waals surface area contributed by atoms with Crippen LogP contribution >= 0.6 is 0 Å². The molecule has 2 unspecified atom stereocenters. The van der Waals surface area contributed by atoms with Gasteiger partial charge < -0.3 is 14.9 Å². The van der Waals surface area contributed by atoms with E-state index in [1.54, 1.807) is 18.2 Å². The van der Waals surface area contributed by atoms with Gasteiger partial charge in [0.1, 0.15) is 5.54 Å². The van der Waals surface area contributed by atoms with Crippen LogP contribution in [0.3, 0.4) is 0 Å². The summed E-state index contributed by atoms with van der Waals surface area (Å²) in [6.45, 7) is 1.76. The summed E-state index contributed by atoms with van der Waals surface area (Å²) in [5.41, 5.74) is 2.72. The van der Waals surface area contributed by atoms with Crippen LogP contribution in [0.2, 0.25) is 0 Å². The third-order valence-corrected chi connectivity index (χ3v) is 3.87. The molecule has 0 spiro atoms. The molecule has 0 amide bonds. The van der Waals surface area contributed by atoms with Gasteiger partial charge in [0.25, 0.3) is 0 Å². The number of hydrazine groups is 1. The van der Waals surface area contributed by atoms with Gasteiger partial charge in [0.15, 0.2) is 5.79 Å². The van der Waals surface area contributed by atoms with Gasteiger partial charge in [0.05, 0.1) is 6.61 Å². The van der Waals surface area contributed by atoms with E-state index < -0.39 is 17.3 Å². The Hall–Kier alpha value is -1.99. The topological polar surface area (TPSA) is 105 Å². The van der Waals surface area contributed by atoms with Crippen LogP contribution in [0.5, 0.6) is 0 Å². The molecule has 1 aromatic rings. The molecule has 5 N–H and O–H groups in total. The van der Waals surface area contributed by atoms with Crippen molar-refractivity contribution in [3.63, 3.8) is 0 Å². The zero-order valence-electron chi connectivity index (χ0n) is 13.0. The molecule has 0 bridgehead atoms. The van der Waals surface area contributed by atoms with Crippen molar-refractivity contribution in [1.29, 1.82) is 0 Å². The minimum absolute atomic E-state index is 0.167. The van der Waals surface area contributed by atoms with Gasteiger partial charge in [0.2, 0.25) is 0 Å². The maximum Gasteiger partial charge on any atom is 0.325 e. The summed E-state index contributed by atoms with van der Waals surface area (Å²) in [6.07, 6.45) is 5.37. The second-order valence-electron chi connectivity index (χ2n) is 5.94. The van der Waals surface area contributed by atoms with Crippen LogP contribution in [0.25, 0.3) is 0 Å². The molecule has 0 heterocycles. The van der Waals surface area contributed by atoms with E-state index in [1.807, 2.05) is 30.3 Å². The number of hydrogen-bond donors (Lipinski definition) is 4. The normalized spacial score (nSPS) is 23.2. The minimum Gasteiger partial charge on any atom is -0.480 e. The molecule has 2 atom stereocenters. The molecule has 1 aliphatic rings. The zero-order chi connectivity index (χ0) is 16.9. The van der Waals surface area contributed by atoms with Gasteiger partial charge in [-0.15, -0.1) is 0 Å². The van der Waals surface area contributed by atoms with E-state index in [0.29, 0.717) is 0 Å². The summed E-state index contributed by atoms with van der Waals surface area (Å²) in [6, 6.07) is 9.52. The lowest BCUT2D eigenvalue weighted by Crippen LogP contribution is -2.53. The summed E-state index contributed by atoms with van der Waals surface area (Å²) < 4.78 is 5.62. The molecule has 1 aliphatic carbocycles. The standard InChI is InChI=1S/C17H22N2O4/c1-16(19-18,15(20)21)10-14-8-5-9-17(22,11-14)23-12-13-6-3-2-4-7-13/h2-9,19,22H,10-12,18H2,1H3,(H,20,21). The van der Waals surface area contributed by atoms with Crippen molar-refractivity contribution in [3.05, 3.63) is 59.7 Å². The summed E-state index contributed by atoms with van der Waals surface area (Å²) >= 11 is 0. The molecule has 0 saturated heterocycles. The Morgan fingerprint density at radius 1 is 1.43 bits per heavy atom. The number of aliphatic hydroxyl groups is 1. The molecule has 6 nitrogen and oxygen atoms in total. The van der Waals surface area contributed by atoms with Crippen LogP contribution in [0, 0.1) is 0 Å². The third-order valence-electron chi connectivity index (χ3n) is 3.87. The molecule has 124 valence electrons. The largest absolute Gasteiger partial charge is 0.480 e. The van der Waals surface area contributed by atoms with E-state index in [4.69, 9.17) is 10.6 Å². The molecule has 23 heavy (non-hydrogen) atoms. The first kappa shape index (κ1) is 17.4. The van der Waals surface area contributed by atoms with E-state index in [9.17, 15) is 15.0 Å². The maximum atomic E-state index is 11.3. The van der Waals surface area contributed by atoms with E-state index in [2.05, 4.69) is 5.43 Å². The molecule has 0 saturated carbocycles. The number of aliphatic carboxylic acids is 1. The van der Waals surface area contributed by atoms with Crippen molar-refractivity contribution >= 4 is 5.97 Å². The van der Waals surface area contributed by atoms with Crippen LogP contribution < -0.4 is 11.3 Å². The molecule has 0 radical (unpaired) electrons. The smallest absolute Gasteiger partial charge is 0.325 e. The molecule has 6 heteroatoms. The lowest BCUT2D eigenvalue weighted by atomic mass is 9.87. The first-order chi connectivity index (χ1) is 10.9. The van der Waals surface area contributed by atoms with Gasteiger partial charge in [-0.3, -0.25) is 10.6 Å². The van der Waals surface area contributed by atoms with Crippen molar-refractivity contribution < 1.29 is 19.7 Å². The Morgan fingerprint density at radius 2 is 2.13 bits per heavy atom. The van der Waals surface area contributed by atoms with Gasteiger partial charge in [-0.05, 0) is 25.0 Å². The van der Waals surface area contributed by atoms with E-state index in [-0.39, 0.29) is 19.4 Å². The van der Waals surface area contributed by atoms with Gasteiger partial charge in [0, 0.05) is 6.42 Å². The van der Waals surface area contributed by atoms with Crippen molar-refractivity contribution in [2.75, 3.05) is 0 Å². The number of carbonyl (C=O) groups is 1. The quantitative estimate of drug-likeness (QED) is 0.345. The summed E-state index contributed by atoms with van der Waals surface area (Å²) in [5.74, 6) is 2.86. The fourth-order valence-electron chi connectivity index (χ4n) is 2.42. The predicted octanol–water partition coefficient (Wildman–Crippen LogP) is 1.47. The molecule has 0 aliphatic heterocycles. The highest BCUT2D eigenvalue weighted by Crippen LogP contribution is 2.30. The number of ether oxygens (including phenoxy) is 1. The maximum absolute atomic E-state index is 11.3. The van der Waals surface area contributed by atoms with Crippen LogP contribution in [0.1, 0.15) is 25.3 Å². The number of rotatable bonds is 7. The second-order valence-corrected chi connectivity index (χ2v) is 5.94. The fraction of sp³-hybridized carbons (Fsp3) is 0.353. The number of nitrogens with two attached hydrogens (primary N) is 1. The number of carboxylic acids is 1. The van der Waals surface area contributed by atoms with Crippen molar-refractivity contribution in [2.45, 2.75) is 37.7 Å². The average molecular weight is 318 g/mol. The van der Waals surface area contributed by atoms with Gasteiger partial charge >= 0.3 is 5.97 Å². The monoisotopic (exact) mass is 318 g/mol. The summed E-state index contributed by atoms with van der Waals surface area (Å²) in [4.78, 5) is 11.3. The van der Waals surface area contributed by atoms with Gasteiger partial charge in [-0.25, -0.2) is 5.43 Å². The van der Waals surface area contributed by atoms with E-state index >= 15 is 0 Å². The average Bonchev–Trinajstić information content (AvgIpc) is 2.54. The molecule has 0 fully saturated rings. The summed E-state index contributed by atoms with van der Waals surface area (Å²) in [7, 11) is 0. The van der Waals surface area contributed by atoms with Crippen molar-refractivity contribution in [2.24, 2.45) is 5.84 Å². The van der Waals surface area contributed by atoms with Crippen molar-refractivity contribution in [1.82, 2.24) is 5.43 Å². The highest BCUT2D eigenvalue weighted by atomic mass is 16.6. The van der Waals surface area contributed by atoms with Crippen LogP contribution in [-0.2, 0) is 16.1 Å². The van der Waals surface area contributed by atoms with Crippen molar-refractivity contribution in [3.8, 4) is 0 Å². The number of nitrogens with one attached hydrogen (secondary N) is 1. The van der Waals surface area contributed by atoms with Crippen LogP contribution in [0.15, 0.2) is 54.1 Å². The van der Waals surface area contributed by atoms with Gasteiger partial charge in [-0.1, -0.05) is 48.1 Å². The SMILES string of the molecule is CC(CC1=CC=CC(O)(OCc2ccccc2)C1)(NN)C(=O)O.